The van der Waals surface area contributed by atoms with Crippen LogP contribution in [0, 0.1) is 11.8 Å². The van der Waals surface area contributed by atoms with Crippen LogP contribution in [-0.2, 0) is 14.3 Å². The minimum absolute atomic E-state index is 0.00845. The smallest absolute Gasteiger partial charge is 0.303 e. The molecule has 0 aliphatic carbocycles. The lowest BCUT2D eigenvalue weighted by Gasteiger charge is -2.40. The quantitative estimate of drug-likeness (QED) is 0.854. The zero-order valence-corrected chi connectivity index (χ0v) is 12.0. The lowest BCUT2D eigenvalue weighted by molar-refractivity contribution is -0.143. The Kier molecular flexibility index (Phi) is 3.71. The van der Waals surface area contributed by atoms with Crippen molar-refractivity contribution in [1.82, 2.24) is 4.90 Å². The van der Waals surface area contributed by atoms with E-state index in [4.69, 9.17) is 9.84 Å². The fraction of sp³-hybridized carbons (Fsp3) is 0.867. The van der Waals surface area contributed by atoms with Gasteiger partial charge in [-0.25, -0.2) is 0 Å². The number of carbonyl (C=O) groups excluding carboxylic acids is 1. The first-order chi connectivity index (χ1) is 9.56. The monoisotopic (exact) mass is 281 g/mol. The highest BCUT2D eigenvalue weighted by Crippen LogP contribution is 2.41. The fourth-order valence-corrected chi connectivity index (χ4v) is 4.31. The second-order valence-electron chi connectivity index (χ2n) is 6.54. The summed E-state index contributed by atoms with van der Waals surface area (Å²) >= 11 is 0. The van der Waals surface area contributed by atoms with Crippen molar-refractivity contribution in [3.05, 3.63) is 0 Å². The molecule has 0 aromatic carbocycles. The van der Waals surface area contributed by atoms with E-state index in [1.165, 1.54) is 0 Å². The predicted octanol–water partition coefficient (Wildman–Crippen LogP) is 1.66. The lowest BCUT2D eigenvalue weighted by Crippen LogP contribution is -2.50. The molecule has 4 unspecified atom stereocenters. The normalized spacial score (nSPS) is 40.0. The van der Waals surface area contributed by atoms with Crippen molar-refractivity contribution in [1.29, 1.82) is 0 Å². The number of nitrogens with zero attached hydrogens (tertiary/aromatic N) is 1. The van der Waals surface area contributed by atoms with Crippen LogP contribution in [0.4, 0.5) is 0 Å². The van der Waals surface area contributed by atoms with Crippen molar-refractivity contribution >= 4 is 11.9 Å². The topological polar surface area (TPSA) is 66.8 Å². The summed E-state index contributed by atoms with van der Waals surface area (Å²) in [5.74, 6) is -0.219. The number of amides is 1. The molecule has 5 heteroatoms. The molecule has 0 aromatic heterocycles. The van der Waals surface area contributed by atoms with Crippen LogP contribution in [0.25, 0.3) is 0 Å². The summed E-state index contributed by atoms with van der Waals surface area (Å²) in [6.45, 7) is 2.66. The van der Waals surface area contributed by atoms with Gasteiger partial charge in [-0.1, -0.05) is 0 Å². The molecule has 3 fully saturated rings. The number of hydrogen-bond acceptors (Lipinski definition) is 3. The first kappa shape index (κ1) is 13.9. The Morgan fingerprint density at radius 3 is 2.35 bits per heavy atom. The first-order valence-corrected chi connectivity index (χ1v) is 7.72. The molecule has 2 bridgehead atoms. The SMILES string of the molecule is CC1OCCC1C(=O)N1C2CCC1CC(CC(=O)O)C2. The number of fused-ring (bicyclic) bond motifs is 2. The molecule has 3 aliphatic rings. The summed E-state index contributed by atoms with van der Waals surface area (Å²) < 4.78 is 5.52. The molecule has 0 saturated carbocycles. The number of carbonyl (C=O) groups is 2. The van der Waals surface area contributed by atoms with Gasteiger partial charge in [0.25, 0.3) is 0 Å². The summed E-state index contributed by atoms with van der Waals surface area (Å²) in [4.78, 5) is 25.7. The lowest BCUT2D eigenvalue weighted by atomic mass is 9.87. The van der Waals surface area contributed by atoms with Gasteiger partial charge in [-0.05, 0) is 44.9 Å². The van der Waals surface area contributed by atoms with E-state index in [-0.39, 0.29) is 42.4 Å². The Bertz CT molecular complexity index is 397. The Balaban J connectivity index is 1.67. The number of hydrogen-bond donors (Lipinski definition) is 1. The minimum atomic E-state index is -0.716. The van der Waals surface area contributed by atoms with Crippen molar-refractivity contribution in [3.8, 4) is 0 Å². The summed E-state index contributed by atoms with van der Waals surface area (Å²) in [7, 11) is 0. The summed E-state index contributed by atoms with van der Waals surface area (Å²) in [5, 5.41) is 8.94. The third kappa shape index (κ3) is 2.43. The molecule has 0 radical (unpaired) electrons. The highest BCUT2D eigenvalue weighted by atomic mass is 16.5. The maximum atomic E-state index is 12.7. The first-order valence-electron chi connectivity index (χ1n) is 7.72. The molecule has 3 saturated heterocycles. The van der Waals surface area contributed by atoms with Gasteiger partial charge >= 0.3 is 5.97 Å². The number of carboxylic acid groups (broad SMARTS) is 1. The number of piperidine rings is 1. The van der Waals surface area contributed by atoms with Gasteiger partial charge in [-0.3, -0.25) is 9.59 Å². The molecule has 3 rings (SSSR count). The molecule has 3 aliphatic heterocycles. The molecule has 0 aromatic rings. The van der Waals surface area contributed by atoms with Crippen molar-refractivity contribution in [2.24, 2.45) is 11.8 Å². The van der Waals surface area contributed by atoms with E-state index in [9.17, 15) is 9.59 Å². The Labute approximate surface area is 119 Å². The number of aliphatic carboxylic acids is 1. The molecule has 20 heavy (non-hydrogen) atoms. The maximum Gasteiger partial charge on any atom is 0.303 e. The maximum absolute atomic E-state index is 12.7. The van der Waals surface area contributed by atoms with Gasteiger partial charge in [0.05, 0.1) is 12.0 Å². The Hall–Kier alpha value is -1.10. The zero-order valence-electron chi connectivity index (χ0n) is 12.0. The largest absolute Gasteiger partial charge is 0.481 e. The van der Waals surface area contributed by atoms with E-state index in [0.29, 0.717) is 6.61 Å². The van der Waals surface area contributed by atoms with Gasteiger partial charge in [0, 0.05) is 25.1 Å². The van der Waals surface area contributed by atoms with Gasteiger partial charge in [-0.2, -0.15) is 0 Å². The van der Waals surface area contributed by atoms with E-state index >= 15 is 0 Å². The summed E-state index contributed by atoms with van der Waals surface area (Å²) in [5.41, 5.74) is 0. The van der Waals surface area contributed by atoms with Gasteiger partial charge in [0.1, 0.15) is 0 Å². The molecular formula is C15H23NO4. The fourth-order valence-electron chi connectivity index (χ4n) is 4.31. The molecule has 5 nitrogen and oxygen atoms in total. The third-order valence-electron chi connectivity index (χ3n) is 5.24. The minimum Gasteiger partial charge on any atom is -0.481 e. The van der Waals surface area contributed by atoms with Gasteiger partial charge < -0.3 is 14.7 Å². The molecule has 0 spiro atoms. The summed E-state index contributed by atoms with van der Waals surface area (Å²) in [6.07, 6.45) is 4.89. The second-order valence-corrected chi connectivity index (χ2v) is 6.54. The van der Waals surface area contributed by atoms with Gasteiger partial charge in [0.15, 0.2) is 0 Å². The molecule has 3 heterocycles. The van der Waals surface area contributed by atoms with Crippen molar-refractivity contribution < 1.29 is 19.4 Å². The summed E-state index contributed by atoms with van der Waals surface area (Å²) in [6, 6.07) is 0.525. The molecule has 112 valence electrons. The zero-order chi connectivity index (χ0) is 14.3. The molecular weight excluding hydrogens is 258 g/mol. The van der Waals surface area contributed by atoms with E-state index in [1.807, 2.05) is 6.92 Å². The highest BCUT2D eigenvalue weighted by Gasteiger charge is 2.46. The van der Waals surface area contributed by atoms with Crippen LogP contribution in [0.1, 0.15) is 45.4 Å². The van der Waals surface area contributed by atoms with Gasteiger partial charge in [0.2, 0.25) is 5.91 Å². The molecule has 1 N–H and O–H groups in total. The van der Waals surface area contributed by atoms with Crippen molar-refractivity contribution in [3.63, 3.8) is 0 Å². The van der Waals surface area contributed by atoms with E-state index in [2.05, 4.69) is 4.90 Å². The van der Waals surface area contributed by atoms with Crippen LogP contribution in [0.5, 0.6) is 0 Å². The van der Waals surface area contributed by atoms with Crippen LogP contribution in [-0.4, -0.2) is 46.7 Å². The Morgan fingerprint density at radius 1 is 1.20 bits per heavy atom. The van der Waals surface area contributed by atoms with Crippen LogP contribution in [0.15, 0.2) is 0 Å². The second kappa shape index (κ2) is 5.35. The highest BCUT2D eigenvalue weighted by molar-refractivity contribution is 5.81. The standard InChI is InChI=1S/C15H23NO4/c1-9-13(4-5-20-9)15(19)16-11-2-3-12(16)7-10(6-11)8-14(17)18/h9-13H,2-8H2,1H3,(H,17,18). The average molecular weight is 281 g/mol. The number of rotatable bonds is 3. The molecule has 1 amide bonds. The average Bonchev–Trinajstić information content (AvgIpc) is 2.90. The Morgan fingerprint density at radius 2 is 1.85 bits per heavy atom. The van der Waals surface area contributed by atoms with Crippen LogP contribution >= 0.6 is 0 Å². The number of ether oxygens (including phenoxy) is 1. The third-order valence-corrected chi connectivity index (χ3v) is 5.24. The van der Waals surface area contributed by atoms with Crippen LogP contribution < -0.4 is 0 Å². The van der Waals surface area contributed by atoms with Gasteiger partial charge in [-0.15, -0.1) is 0 Å². The van der Waals surface area contributed by atoms with Crippen LogP contribution in [0.3, 0.4) is 0 Å². The van der Waals surface area contributed by atoms with Crippen molar-refractivity contribution in [2.45, 2.75) is 63.6 Å². The van der Waals surface area contributed by atoms with Crippen LogP contribution in [0.2, 0.25) is 0 Å². The predicted molar refractivity (Wildman–Crippen MR) is 72.2 cm³/mol. The molecule has 4 atom stereocenters. The van der Waals surface area contributed by atoms with E-state index in [1.54, 1.807) is 0 Å². The van der Waals surface area contributed by atoms with E-state index in [0.717, 1.165) is 32.1 Å². The van der Waals surface area contributed by atoms with Crippen molar-refractivity contribution in [2.75, 3.05) is 6.61 Å². The number of carboxylic acids is 1. The van der Waals surface area contributed by atoms with E-state index < -0.39 is 5.97 Å².